The summed E-state index contributed by atoms with van der Waals surface area (Å²) in [5.74, 6) is 0. The maximum atomic E-state index is 5.73. The lowest BCUT2D eigenvalue weighted by molar-refractivity contribution is 0.262. The van der Waals surface area contributed by atoms with Crippen molar-refractivity contribution in [2.75, 3.05) is 0 Å². The standard InChI is InChI=1S/C8H18OSi/c1-6-7-8(2)9-10(3,4)5/h6-8H,1-5H3/b7-6+. The van der Waals surface area contributed by atoms with Crippen molar-refractivity contribution in [1.82, 2.24) is 0 Å². The van der Waals surface area contributed by atoms with Gasteiger partial charge in [0.15, 0.2) is 8.32 Å². The Bertz CT molecular complexity index is 113. The van der Waals surface area contributed by atoms with Crippen LogP contribution in [0.1, 0.15) is 13.8 Å². The first-order valence-electron chi connectivity index (χ1n) is 3.76. The van der Waals surface area contributed by atoms with Crippen molar-refractivity contribution < 1.29 is 4.43 Å². The molecule has 0 heterocycles. The van der Waals surface area contributed by atoms with Gasteiger partial charge in [0, 0.05) is 0 Å². The molecule has 0 aromatic carbocycles. The van der Waals surface area contributed by atoms with Crippen LogP contribution in [0.5, 0.6) is 0 Å². The third-order valence-corrected chi connectivity index (χ3v) is 2.08. The molecule has 60 valence electrons. The monoisotopic (exact) mass is 158 g/mol. The first kappa shape index (κ1) is 9.92. The molecule has 0 N–H and O–H groups in total. The smallest absolute Gasteiger partial charge is 0.184 e. The number of hydrogen-bond acceptors (Lipinski definition) is 1. The molecule has 0 aromatic heterocycles. The Morgan fingerprint density at radius 3 is 2.10 bits per heavy atom. The Hall–Kier alpha value is -0.0831. The minimum Gasteiger partial charge on any atom is -0.412 e. The summed E-state index contributed by atoms with van der Waals surface area (Å²) in [5.41, 5.74) is 0. The third kappa shape index (κ3) is 6.04. The van der Waals surface area contributed by atoms with Gasteiger partial charge in [-0.2, -0.15) is 0 Å². The van der Waals surface area contributed by atoms with Gasteiger partial charge in [0.25, 0.3) is 0 Å². The van der Waals surface area contributed by atoms with Crippen LogP contribution in [-0.4, -0.2) is 14.4 Å². The summed E-state index contributed by atoms with van der Waals surface area (Å²) in [6.07, 6.45) is 4.40. The van der Waals surface area contributed by atoms with Crippen LogP contribution in [0.3, 0.4) is 0 Å². The van der Waals surface area contributed by atoms with E-state index in [4.69, 9.17) is 4.43 Å². The molecule has 0 bridgehead atoms. The summed E-state index contributed by atoms with van der Waals surface area (Å²) in [5, 5.41) is 0. The molecule has 0 radical (unpaired) electrons. The van der Waals surface area contributed by atoms with E-state index in [1.807, 2.05) is 13.0 Å². The molecule has 0 aliphatic carbocycles. The maximum Gasteiger partial charge on any atom is 0.184 e. The Morgan fingerprint density at radius 2 is 1.80 bits per heavy atom. The zero-order valence-corrected chi connectivity index (χ0v) is 8.64. The van der Waals surface area contributed by atoms with E-state index in [-0.39, 0.29) is 6.10 Å². The molecular weight excluding hydrogens is 140 g/mol. The van der Waals surface area contributed by atoms with Gasteiger partial charge in [-0.05, 0) is 33.5 Å². The van der Waals surface area contributed by atoms with Gasteiger partial charge in [-0.1, -0.05) is 12.2 Å². The van der Waals surface area contributed by atoms with E-state index >= 15 is 0 Å². The lowest BCUT2D eigenvalue weighted by Gasteiger charge is -2.20. The van der Waals surface area contributed by atoms with E-state index in [9.17, 15) is 0 Å². The molecule has 0 fully saturated rings. The Morgan fingerprint density at radius 1 is 1.30 bits per heavy atom. The highest BCUT2D eigenvalue weighted by atomic mass is 28.4. The van der Waals surface area contributed by atoms with Crippen molar-refractivity contribution in [3.63, 3.8) is 0 Å². The van der Waals surface area contributed by atoms with Crippen LogP contribution in [0.4, 0.5) is 0 Å². The molecule has 0 aliphatic heterocycles. The predicted octanol–water partition coefficient (Wildman–Crippen LogP) is 2.80. The minimum atomic E-state index is -1.31. The Labute approximate surface area is 65.2 Å². The zero-order chi connectivity index (χ0) is 8.20. The summed E-state index contributed by atoms with van der Waals surface area (Å²) in [7, 11) is -1.31. The third-order valence-electron chi connectivity index (χ3n) is 1.00. The molecule has 0 saturated carbocycles. The van der Waals surface area contributed by atoms with Crippen LogP contribution < -0.4 is 0 Å². The van der Waals surface area contributed by atoms with E-state index in [1.165, 1.54) is 0 Å². The first-order chi connectivity index (χ1) is 4.45. The van der Waals surface area contributed by atoms with E-state index in [0.29, 0.717) is 0 Å². The molecule has 1 atom stereocenters. The van der Waals surface area contributed by atoms with Gasteiger partial charge in [-0.15, -0.1) is 0 Å². The van der Waals surface area contributed by atoms with Crippen LogP contribution in [-0.2, 0) is 4.43 Å². The lowest BCUT2D eigenvalue weighted by atomic mass is 10.4. The highest BCUT2D eigenvalue weighted by molar-refractivity contribution is 6.69. The van der Waals surface area contributed by atoms with Crippen LogP contribution in [0, 0.1) is 0 Å². The highest BCUT2D eigenvalue weighted by Gasteiger charge is 2.15. The summed E-state index contributed by atoms with van der Waals surface area (Å²) >= 11 is 0. The highest BCUT2D eigenvalue weighted by Crippen LogP contribution is 2.07. The molecule has 0 spiro atoms. The second-order valence-corrected chi connectivity index (χ2v) is 7.92. The fourth-order valence-corrected chi connectivity index (χ4v) is 2.06. The molecule has 10 heavy (non-hydrogen) atoms. The van der Waals surface area contributed by atoms with Gasteiger partial charge in [-0.3, -0.25) is 0 Å². The van der Waals surface area contributed by atoms with Gasteiger partial charge in [0.1, 0.15) is 0 Å². The molecule has 1 nitrogen and oxygen atoms in total. The van der Waals surface area contributed by atoms with Gasteiger partial charge < -0.3 is 4.43 Å². The van der Waals surface area contributed by atoms with Gasteiger partial charge in [0.05, 0.1) is 6.10 Å². The Kier molecular flexibility index (Phi) is 3.90. The predicted molar refractivity (Wildman–Crippen MR) is 48.7 cm³/mol. The van der Waals surface area contributed by atoms with Crippen LogP contribution in [0.15, 0.2) is 12.2 Å². The summed E-state index contributed by atoms with van der Waals surface area (Å²) in [6, 6.07) is 0. The van der Waals surface area contributed by atoms with Crippen molar-refractivity contribution in [2.24, 2.45) is 0 Å². The average Bonchev–Trinajstić information content (AvgIpc) is 1.59. The van der Waals surface area contributed by atoms with E-state index in [2.05, 4.69) is 32.6 Å². The molecule has 0 saturated heterocycles. The SMILES string of the molecule is C/C=C/C(C)O[Si](C)(C)C. The molecule has 0 rings (SSSR count). The number of rotatable bonds is 3. The van der Waals surface area contributed by atoms with Crippen molar-refractivity contribution in [3.8, 4) is 0 Å². The molecule has 0 aromatic rings. The van der Waals surface area contributed by atoms with Crippen molar-refractivity contribution in [1.29, 1.82) is 0 Å². The average molecular weight is 158 g/mol. The van der Waals surface area contributed by atoms with Crippen LogP contribution >= 0.6 is 0 Å². The van der Waals surface area contributed by atoms with Crippen molar-refractivity contribution >= 4 is 8.32 Å². The van der Waals surface area contributed by atoms with Gasteiger partial charge in [-0.25, -0.2) is 0 Å². The molecule has 0 aliphatic rings. The Balaban J connectivity index is 3.68. The second kappa shape index (κ2) is 3.94. The second-order valence-electron chi connectivity index (χ2n) is 3.46. The molecule has 2 heteroatoms. The fraction of sp³-hybridized carbons (Fsp3) is 0.750. The normalized spacial score (nSPS) is 16.1. The number of allylic oxidation sites excluding steroid dienone is 1. The number of hydrogen-bond donors (Lipinski definition) is 0. The summed E-state index contributed by atoms with van der Waals surface area (Å²) in [6.45, 7) is 10.7. The van der Waals surface area contributed by atoms with Gasteiger partial charge in [0.2, 0.25) is 0 Å². The summed E-state index contributed by atoms with van der Waals surface area (Å²) < 4.78 is 5.73. The first-order valence-corrected chi connectivity index (χ1v) is 7.17. The molecule has 1 unspecified atom stereocenters. The minimum absolute atomic E-state index is 0.289. The zero-order valence-electron chi connectivity index (χ0n) is 7.64. The van der Waals surface area contributed by atoms with Crippen LogP contribution in [0.25, 0.3) is 0 Å². The molecule has 0 amide bonds. The maximum absolute atomic E-state index is 5.73. The van der Waals surface area contributed by atoms with Gasteiger partial charge >= 0.3 is 0 Å². The summed E-state index contributed by atoms with van der Waals surface area (Å²) in [4.78, 5) is 0. The van der Waals surface area contributed by atoms with Crippen molar-refractivity contribution in [3.05, 3.63) is 12.2 Å². The fourth-order valence-electron chi connectivity index (χ4n) is 0.868. The largest absolute Gasteiger partial charge is 0.412 e. The van der Waals surface area contributed by atoms with E-state index in [0.717, 1.165) is 0 Å². The lowest BCUT2D eigenvalue weighted by Crippen LogP contribution is -2.29. The van der Waals surface area contributed by atoms with E-state index in [1.54, 1.807) is 0 Å². The quantitative estimate of drug-likeness (QED) is 0.453. The van der Waals surface area contributed by atoms with Crippen LogP contribution in [0.2, 0.25) is 19.6 Å². The molecular formula is C8H18OSi. The van der Waals surface area contributed by atoms with E-state index < -0.39 is 8.32 Å². The topological polar surface area (TPSA) is 9.23 Å². The van der Waals surface area contributed by atoms with Crippen molar-refractivity contribution in [2.45, 2.75) is 39.6 Å².